The maximum absolute atomic E-state index is 12.2. The third kappa shape index (κ3) is 2.50. The van der Waals surface area contributed by atoms with Gasteiger partial charge in [0.25, 0.3) is 0 Å². The minimum absolute atomic E-state index is 0.438. The first-order valence-corrected chi connectivity index (χ1v) is 9.37. The molecule has 1 nitrogen and oxygen atoms in total. The normalized spacial score (nSPS) is 14.4. The molecule has 1 aliphatic carbocycles. The lowest BCUT2D eigenvalue weighted by Gasteiger charge is -2.25. The van der Waals surface area contributed by atoms with Gasteiger partial charge in [0.1, 0.15) is 6.29 Å². The molecule has 0 spiro atoms. The number of hydrogen-bond donors (Lipinski definition) is 0. The SMILES string of the molecule is CSCCCCCC1(C=O)c2ccccc2-c2ccccc21. The molecule has 0 saturated heterocycles. The van der Waals surface area contributed by atoms with E-state index in [2.05, 4.69) is 54.8 Å². The topological polar surface area (TPSA) is 17.1 Å². The summed E-state index contributed by atoms with van der Waals surface area (Å²) >= 11 is 1.90. The molecule has 3 rings (SSSR count). The number of aldehydes is 1. The second-order valence-electron chi connectivity index (χ2n) is 5.98. The van der Waals surface area contributed by atoms with E-state index in [4.69, 9.17) is 0 Å². The van der Waals surface area contributed by atoms with Crippen molar-refractivity contribution in [2.45, 2.75) is 31.1 Å². The summed E-state index contributed by atoms with van der Waals surface area (Å²) in [6.45, 7) is 0. The van der Waals surface area contributed by atoms with Gasteiger partial charge in [0.05, 0.1) is 5.41 Å². The Morgan fingerprint density at radius 3 is 2.05 bits per heavy atom. The first-order valence-electron chi connectivity index (χ1n) is 7.98. The molecule has 2 aromatic carbocycles. The maximum atomic E-state index is 12.2. The zero-order chi connectivity index (χ0) is 15.4. The molecule has 0 atom stereocenters. The van der Waals surface area contributed by atoms with Crippen molar-refractivity contribution in [3.05, 3.63) is 59.7 Å². The van der Waals surface area contributed by atoms with Crippen molar-refractivity contribution in [3.8, 4) is 11.1 Å². The molecule has 0 N–H and O–H groups in total. The lowest BCUT2D eigenvalue weighted by molar-refractivity contribution is -0.111. The first kappa shape index (κ1) is 15.4. The largest absolute Gasteiger partial charge is 0.302 e. The van der Waals surface area contributed by atoms with Crippen LogP contribution in [0.25, 0.3) is 11.1 Å². The number of thioether (sulfide) groups is 1. The highest BCUT2D eigenvalue weighted by molar-refractivity contribution is 7.98. The molecule has 0 heterocycles. The Bertz CT molecular complexity index is 617. The first-order chi connectivity index (χ1) is 10.8. The van der Waals surface area contributed by atoms with Crippen LogP contribution in [0.5, 0.6) is 0 Å². The van der Waals surface area contributed by atoms with E-state index in [1.807, 2.05) is 11.8 Å². The van der Waals surface area contributed by atoms with Crippen molar-refractivity contribution < 1.29 is 4.79 Å². The fraction of sp³-hybridized carbons (Fsp3) is 0.350. The lowest BCUT2D eigenvalue weighted by Crippen LogP contribution is -2.27. The molecule has 114 valence electrons. The van der Waals surface area contributed by atoms with E-state index in [1.165, 1.54) is 47.1 Å². The van der Waals surface area contributed by atoms with Gasteiger partial charge in [-0.05, 0) is 47.1 Å². The van der Waals surface area contributed by atoms with Gasteiger partial charge in [0.15, 0.2) is 0 Å². The molecule has 0 bridgehead atoms. The minimum atomic E-state index is -0.438. The molecule has 0 amide bonds. The highest BCUT2D eigenvalue weighted by Gasteiger charge is 2.42. The zero-order valence-electron chi connectivity index (χ0n) is 13.0. The van der Waals surface area contributed by atoms with Crippen LogP contribution in [0.4, 0.5) is 0 Å². The van der Waals surface area contributed by atoms with Crippen LogP contribution in [0.3, 0.4) is 0 Å². The van der Waals surface area contributed by atoms with E-state index in [0.717, 1.165) is 12.8 Å². The number of carbonyl (C=O) groups is 1. The molecule has 0 aromatic heterocycles. The van der Waals surface area contributed by atoms with Gasteiger partial charge in [0.2, 0.25) is 0 Å². The third-order valence-electron chi connectivity index (χ3n) is 4.73. The van der Waals surface area contributed by atoms with Gasteiger partial charge >= 0.3 is 0 Å². The molecular weight excluding hydrogens is 288 g/mol. The van der Waals surface area contributed by atoms with E-state index in [-0.39, 0.29) is 0 Å². The monoisotopic (exact) mass is 310 g/mol. The minimum Gasteiger partial charge on any atom is -0.302 e. The van der Waals surface area contributed by atoms with Gasteiger partial charge in [-0.15, -0.1) is 0 Å². The molecular formula is C20H22OS. The summed E-state index contributed by atoms with van der Waals surface area (Å²) in [4.78, 5) is 12.2. The number of rotatable bonds is 7. The standard InChI is InChI=1S/C20H22OS/c1-22-14-8-2-7-13-20(15-21)18-11-5-3-9-16(18)17-10-4-6-12-19(17)20/h3-6,9-12,15H,2,7-8,13-14H2,1H3. The number of carbonyl (C=O) groups excluding carboxylic acids is 1. The summed E-state index contributed by atoms with van der Waals surface area (Å²) in [5.41, 5.74) is 4.41. The van der Waals surface area contributed by atoms with Crippen LogP contribution < -0.4 is 0 Å². The Kier molecular flexibility index (Phi) is 4.68. The van der Waals surface area contributed by atoms with Gasteiger partial charge in [-0.3, -0.25) is 0 Å². The summed E-state index contributed by atoms with van der Waals surface area (Å²) in [5.74, 6) is 1.21. The Labute approximate surface area is 137 Å². The summed E-state index contributed by atoms with van der Waals surface area (Å²) in [5, 5.41) is 0. The molecule has 2 heteroatoms. The fourth-order valence-electron chi connectivity index (χ4n) is 3.64. The van der Waals surface area contributed by atoms with Gasteiger partial charge in [-0.25, -0.2) is 0 Å². The zero-order valence-corrected chi connectivity index (χ0v) is 13.9. The Morgan fingerprint density at radius 2 is 1.50 bits per heavy atom. The van der Waals surface area contributed by atoms with Crippen LogP contribution >= 0.6 is 11.8 Å². The smallest absolute Gasteiger partial charge is 0.134 e. The van der Waals surface area contributed by atoms with E-state index in [1.54, 1.807) is 0 Å². The Hall–Kier alpha value is -1.54. The molecule has 0 unspecified atom stereocenters. The summed E-state index contributed by atoms with van der Waals surface area (Å²) in [7, 11) is 0. The van der Waals surface area contributed by atoms with Crippen LogP contribution in [-0.2, 0) is 10.2 Å². The van der Waals surface area contributed by atoms with Gasteiger partial charge in [0, 0.05) is 0 Å². The second kappa shape index (κ2) is 6.70. The average Bonchev–Trinajstić information content (AvgIpc) is 2.86. The van der Waals surface area contributed by atoms with E-state index >= 15 is 0 Å². The average molecular weight is 310 g/mol. The molecule has 0 saturated carbocycles. The lowest BCUT2D eigenvalue weighted by atomic mass is 9.75. The molecule has 2 aromatic rings. The fourth-order valence-corrected chi connectivity index (χ4v) is 4.13. The predicted octanol–water partition coefficient (Wildman–Crippen LogP) is 5.08. The van der Waals surface area contributed by atoms with Crippen LogP contribution in [0.15, 0.2) is 48.5 Å². The van der Waals surface area contributed by atoms with Gasteiger partial charge in [-0.2, -0.15) is 11.8 Å². The van der Waals surface area contributed by atoms with Crippen LogP contribution in [-0.4, -0.2) is 18.3 Å². The van der Waals surface area contributed by atoms with Crippen molar-refractivity contribution in [2.75, 3.05) is 12.0 Å². The van der Waals surface area contributed by atoms with Crippen molar-refractivity contribution in [1.82, 2.24) is 0 Å². The van der Waals surface area contributed by atoms with Crippen LogP contribution in [0, 0.1) is 0 Å². The number of hydrogen-bond acceptors (Lipinski definition) is 2. The van der Waals surface area contributed by atoms with Crippen LogP contribution in [0.1, 0.15) is 36.8 Å². The van der Waals surface area contributed by atoms with Crippen molar-refractivity contribution >= 4 is 18.0 Å². The molecule has 0 aliphatic heterocycles. The number of unbranched alkanes of at least 4 members (excludes halogenated alkanes) is 2. The van der Waals surface area contributed by atoms with Crippen LogP contribution in [0.2, 0.25) is 0 Å². The van der Waals surface area contributed by atoms with Gasteiger partial charge < -0.3 is 4.79 Å². The highest BCUT2D eigenvalue weighted by Crippen LogP contribution is 2.50. The predicted molar refractivity (Wildman–Crippen MR) is 95.6 cm³/mol. The number of benzene rings is 2. The Balaban J connectivity index is 1.94. The summed E-state index contributed by atoms with van der Waals surface area (Å²) in [6, 6.07) is 16.8. The van der Waals surface area contributed by atoms with Crippen molar-refractivity contribution in [2.24, 2.45) is 0 Å². The van der Waals surface area contributed by atoms with Crippen molar-refractivity contribution in [3.63, 3.8) is 0 Å². The highest BCUT2D eigenvalue weighted by atomic mass is 32.2. The maximum Gasteiger partial charge on any atom is 0.134 e. The molecule has 0 fully saturated rings. The molecule has 0 radical (unpaired) electrons. The number of fused-ring (bicyclic) bond motifs is 3. The Morgan fingerprint density at radius 1 is 0.909 bits per heavy atom. The van der Waals surface area contributed by atoms with E-state index in [9.17, 15) is 4.79 Å². The van der Waals surface area contributed by atoms with E-state index < -0.39 is 5.41 Å². The third-order valence-corrected chi connectivity index (χ3v) is 5.42. The molecule has 1 aliphatic rings. The van der Waals surface area contributed by atoms with Crippen molar-refractivity contribution in [1.29, 1.82) is 0 Å². The summed E-state index contributed by atoms with van der Waals surface area (Å²) < 4.78 is 0. The second-order valence-corrected chi connectivity index (χ2v) is 6.97. The van der Waals surface area contributed by atoms with E-state index in [0.29, 0.717) is 0 Å². The summed E-state index contributed by atoms with van der Waals surface area (Å²) in [6.07, 6.45) is 7.78. The quantitative estimate of drug-likeness (QED) is 0.524. The van der Waals surface area contributed by atoms with Gasteiger partial charge in [-0.1, -0.05) is 61.4 Å². The molecule has 22 heavy (non-hydrogen) atoms.